The molecule has 7 heteroatoms. The van der Waals surface area contributed by atoms with Gasteiger partial charge in [0.05, 0.1) is 13.2 Å². The monoisotopic (exact) mass is 332 g/mol. The van der Waals surface area contributed by atoms with Gasteiger partial charge in [-0.25, -0.2) is 4.39 Å². The standard InChI is InChI=1S/C17H21FN4O2/c18-16-4-2-1-3-14(16)12-20-13-15(11-19)17(23)21-5-6-22-7-9-24-10-8-22/h1-4,13,20H,5-10,12H2,(H,21,23)/b15-13-. The van der Waals surface area contributed by atoms with E-state index in [0.717, 1.165) is 19.6 Å². The summed E-state index contributed by atoms with van der Waals surface area (Å²) in [6, 6.07) is 8.20. The third-order valence-corrected chi connectivity index (χ3v) is 3.68. The first-order valence-electron chi connectivity index (χ1n) is 7.86. The first kappa shape index (κ1) is 17.9. The maximum atomic E-state index is 13.5. The maximum Gasteiger partial charge on any atom is 0.263 e. The quantitative estimate of drug-likeness (QED) is 0.570. The van der Waals surface area contributed by atoms with Crippen LogP contribution in [-0.2, 0) is 16.1 Å². The highest BCUT2D eigenvalue weighted by Gasteiger charge is 2.12. The molecule has 2 N–H and O–H groups in total. The normalized spacial score (nSPS) is 15.6. The number of nitrogens with one attached hydrogen (secondary N) is 2. The average molecular weight is 332 g/mol. The predicted octanol–water partition coefficient (Wildman–Crippen LogP) is 0.771. The van der Waals surface area contributed by atoms with Crippen LogP contribution in [0, 0.1) is 17.1 Å². The molecule has 6 nitrogen and oxygen atoms in total. The number of carbonyl (C=O) groups excluding carboxylic acids is 1. The van der Waals surface area contributed by atoms with Crippen molar-refractivity contribution in [1.29, 1.82) is 5.26 Å². The maximum absolute atomic E-state index is 13.5. The molecule has 24 heavy (non-hydrogen) atoms. The molecule has 0 radical (unpaired) electrons. The van der Waals surface area contributed by atoms with Crippen LogP contribution in [0.2, 0.25) is 0 Å². The van der Waals surface area contributed by atoms with E-state index in [1.54, 1.807) is 18.2 Å². The second-order valence-electron chi connectivity index (χ2n) is 5.35. The molecule has 2 rings (SSSR count). The Kier molecular flexibility index (Phi) is 7.21. The molecule has 1 saturated heterocycles. The van der Waals surface area contributed by atoms with Crippen molar-refractivity contribution >= 4 is 5.91 Å². The molecule has 1 aromatic rings. The van der Waals surface area contributed by atoms with Gasteiger partial charge in [0.2, 0.25) is 0 Å². The van der Waals surface area contributed by atoms with Gasteiger partial charge in [-0.05, 0) is 6.07 Å². The van der Waals surface area contributed by atoms with E-state index in [2.05, 4.69) is 15.5 Å². The van der Waals surface area contributed by atoms with Crippen molar-refractivity contribution in [2.45, 2.75) is 6.54 Å². The van der Waals surface area contributed by atoms with Gasteiger partial charge in [0.25, 0.3) is 5.91 Å². The van der Waals surface area contributed by atoms with E-state index in [0.29, 0.717) is 25.3 Å². The van der Waals surface area contributed by atoms with Gasteiger partial charge in [0, 0.05) is 44.5 Å². The zero-order valence-corrected chi connectivity index (χ0v) is 13.4. The predicted molar refractivity (Wildman–Crippen MR) is 87.2 cm³/mol. The fourth-order valence-corrected chi connectivity index (χ4v) is 2.30. The summed E-state index contributed by atoms with van der Waals surface area (Å²) in [5.41, 5.74) is 0.437. The van der Waals surface area contributed by atoms with Gasteiger partial charge in [-0.1, -0.05) is 18.2 Å². The Morgan fingerprint density at radius 2 is 2.12 bits per heavy atom. The van der Waals surface area contributed by atoms with E-state index in [-0.39, 0.29) is 17.9 Å². The smallest absolute Gasteiger partial charge is 0.263 e. The molecular weight excluding hydrogens is 311 g/mol. The van der Waals surface area contributed by atoms with Crippen LogP contribution in [0.4, 0.5) is 4.39 Å². The number of nitrogens with zero attached hydrogens (tertiary/aromatic N) is 2. The second kappa shape index (κ2) is 9.65. The molecule has 0 spiro atoms. The minimum Gasteiger partial charge on any atom is -0.385 e. The number of morpholine rings is 1. The van der Waals surface area contributed by atoms with Crippen LogP contribution in [-0.4, -0.2) is 50.2 Å². The lowest BCUT2D eigenvalue weighted by Crippen LogP contribution is -2.41. The first-order chi connectivity index (χ1) is 11.7. The Bertz CT molecular complexity index is 621. The highest BCUT2D eigenvalue weighted by atomic mass is 19.1. The Morgan fingerprint density at radius 3 is 2.83 bits per heavy atom. The van der Waals surface area contributed by atoms with Gasteiger partial charge in [0.1, 0.15) is 17.5 Å². The lowest BCUT2D eigenvalue weighted by Gasteiger charge is -2.26. The molecule has 1 amide bonds. The van der Waals surface area contributed by atoms with Crippen molar-refractivity contribution in [2.24, 2.45) is 0 Å². The first-order valence-corrected chi connectivity index (χ1v) is 7.86. The molecular formula is C17H21FN4O2. The van der Waals surface area contributed by atoms with E-state index in [1.165, 1.54) is 12.3 Å². The third kappa shape index (κ3) is 5.65. The van der Waals surface area contributed by atoms with Gasteiger partial charge < -0.3 is 15.4 Å². The molecule has 1 aliphatic rings. The van der Waals surface area contributed by atoms with Crippen LogP contribution in [0.25, 0.3) is 0 Å². The van der Waals surface area contributed by atoms with Gasteiger partial charge >= 0.3 is 0 Å². The van der Waals surface area contributed by atoms with E-state index >= 15 is 0 Å². The third-order valence-electron chi connectivity index (χ3n) is 3.68. The zero-order valence-electron chi connectivity index (χ0n) is 13.4. The summed E-state index contributed by atoms with van der Waals surface area (Å²) in [4.78, 5) is 14.2. The lowest BCUT2D eigenvalue weighted by molar-refractivity contribution is -0.117. The molecule has 1 aliphatic heterocycles. The number of carbonyl (C=O) groups is 1. The zero-order chi connectivity index (χ0) is 17.2. The lowest BCUT2D eigenvalue weighted by atomic mass is 10.2. The van der Waals surface area contributed by atoms with Crippen LogP contribution >= 0.6 is 0 Å². The minimum absolute atomic E-state index is 0.0340. The Labute approximate surface area is 140 Å². The van der Waals surface area contributed by atoms with Gasteiger partial charge in [-0.15, -0.1) is 0 Å². The topological polar surface area (TPSA) is 77.4 Å². The number of benzene rings is 1. The summed E-state index contributed by atoms with van der Waals surface area (Å²) < 4.78 is 18.7. The molecule has 0 saturated carbocycles. The summed E-state index contributed by atoms with van der Waals surface area (Å²) in [5, 5.41) is 14.6. The van der Waals surface area contributed by atoms with E-state index in [9.17, 15) is 9.18 Å². The Balaban J connectivity index is 1.76. The highest BCUT2D eigenvalue weighted by Crippen LogP contribution is 2.05. The summed E-state index contributed by atoms with van der Waals surface area (Å²) in [5.74, 6) is -0.765. The fraction of sp³-hybridized carbons (Fsp3) is 0.412. The summed E-state index contributed by atoms with van der Waals surface area (Å²) in [7, 11) is 0. The van der Waals surface area contributed by atoms with Crippen molar-refractivity contribution in [1.82, 2.24) is 15.5 Å². The molecule has 0 atom stereocenters. The van der Waals surface area contributed by atoms with Crippen molar-refractivity contribution in [3.05, 3.63) is 47.4 Å². The fourth-order valence-electron chi connectivity index (χ4n) is 2.30. The number of rotatable bonds is 7. The molecule has 1 heterocycles. The number of hydrogen-bond acceptors (Lipinski definition) is 5. The number of ether oxygens (including phenoxy) is 1. The molecule has 0 unspecified atom stereocenters. The van der Waals surface area contributed by atoms with E-state index < -0.39 is 5.91 Å². The number of halogens is 1. The van der Waals surface area contributed by atoms with Gasteiger partial charge in [-0.2, -0.15) is 5.26 Å². The van der Waals surface area contributed by atoms with Gasteiger partial charge in [0.15, 0.2) is 0 Å². The van der Waals surface area contributed by atoms with Crippen molar-refractivity contribution in [3.8, 4) is 6.07 Å². The van der Waals surface area contributed by atoms with Crippen LogP contribution in [0.5, 0.6) is 0 Å². The van der Waals surface area contributed by atoms with Crippen LogP contribution < -0.4 is 10.6 Å². The molecule has 1 aromatic carbocycles. The second-order valence-corrected chi connectivity index (χ2v) is 5.35. The van der Waals surface area contributed by atoms with E-state index in [1.807, 2.05) is 6.07 Å². The summed E-state index contributed by atoms with van der Waals surface area (Å²) in [6.45, 7) is 4.50. The average Bonchev–Trinajstić information content (AvgIpc) is 2.61. The van der Waals surface area contributed by atoms with Crippen molar-refractivity contribution in [2.75, 3.05) is 39.4 Å². The number of nitriles is 1. The minimum atomic E-state index is -0.438. The Morgan fingerprint density at radius 1 is 1.38 bits per heavy atom. The summed E-state index contributed by atoms with van der Waals surface area (Å²) in [6.07, 6.45) is 1.32. The Hall–Kier alpha value is -2.43. The SMILES string of the molecule is N#C/C(=C/NCc1ccccc1F)C(=O)NCCN1CCOCC1. The molecule has 0 aromatic heterocycles. The largest absolute Gasteiger partial charge is 0.385 e. The van der Waals surface area contributed by atoms with Crippen LogP contribution in [0.3, 0.4) is 0 Å². The number of amides is 1. The molecule has 0 aliphatic carbocycles. The number of hydrogen-bond donors (Lipinski definition) is 2. The molecule has 128 valence electrons. The molecule has 1 fully saturated rings. The van der Waals surface area contributed by atoms with Crippen molar-refractivity contribution < 1.29 is 13.9 Å². The van der Waals surface area contributed by atoms with Crippen LogP contribution in [0.1, 0.15) is 5.56 Å². The van der Waals surface area contributed by atoms with Crippen LogP contribution in [0.15, 0.2) is 36.0 Å². The van der Waals surface area contributed by atoms with Gasteiger partial charge in [-0.3, -0.25) is 9.69 Å². The van der Waals surface area contributed by atoms with Crippen molar-refractivity contribution in [3.63, 3.8) is 0 Å². The highest BCUT2D eigenvalue weighted by molar-refractivity contribution is 5.97. The van der Waals surface area contributed by atoms with E-state index in [4.69, 9.17) is 10.00 Å². The summed E-state index contributed by atoms with van der Waals surface area (Å²) >= 11 is 0. The molecule has 0 bridgehead atoms.